The lowest BCUT2D eigenvalue weighted by molar-refractivity contribution is 0.397. The number of benzene rings is 1. The van der Waals surface area contributed by atoms with Crippen molar-refractivity contribution in [3.8, 4) is 0 Å². The van der Waals surface area contributed by atoms with Crippen molar-refractivity contribution in [3.05, 3.63) is 35.4 Å². The van der Waals surface area contributed by atoms with Crippen LogP contribution in [0.5, 0.6) is 0 Å². The molecule has 0 saturated carbocycles. The van der Waals surface area contributed by atoms with E-state index in [1.807, 2.05) is 0 Å². The van der Waals surface area contributed by atoms with Crippen molar-refractivity contribution in [2.45, 2.75) is 52.9 Å². The van der Waals surface area contributed by atoms with Crippen LogP contribution in [-0.2, 0) is 0 Å². The van der Waals surface area contributed by atoms with E-state index in [0.717, 1.165) is 5.92 Å². The molecule has 0 aliphatic carbocycles. The Hall–Kier alpha value is -0.780. The van der Waals surface area contributed by atoms with E-state index in [9.17, 15) is 0 Å². The molecule has 1 aromatic carbocycles. The van der Waals surface area contributed by atoms with Crippen molar-refractivity contribution in [2.75, 3.05) is 0 Å². The largest absolute Gasteiger partial charge is 0.0654 e. The fraction of sp³-hybridized carbons (Fsp3) is 0.600. The van der Waals surface area contributed by atoms with Crippen LogP contribution in [0.4, 0.5) is 0 Å². The predicted molar refractivity (Wildman–Crippen MR) is 68.3 cm³/mol. The zero-order valence-corrected chi connectivity index (χ0v) is 10.6. The average Bonchev–Trinajstić information content (AvgIpc) is 2.25. The summed E-state index contributed by atoms with van der Waals surface area (Å²) >= 11 is 0. The van der Waals surface area contributed by atoms with Gasteiger partial charge in [0.15, 0.2) is 0 Å². The first-order valence-electron chi connectivity index (χ1n) is 6.26. The zero-order chi connectivity index (χ0) is 11.3. The number of rotatable bonds is 5. The molecule has 15 heavy (non-hydrogen) atoms. The molecule has 0 N–H and O–H groups in total. The molecule has 2 atom stereocenters. The van der Waals surface area contributed by atoms with Gasteiger partial charge >= 0.3 is 0 Å². The molecule has 0 saturated heterocycles. The Morgan fingerprint density at radius 1 is 1.13 bits per heavy atom. The van der Waals surface area contributed by atoms with E-state index in [0.29, 0.717) is 5.92 Å². The molecular weight excluding hydrogens is 180 g/mol. The Morgan fingerprint density at radius 2 is 1.80 bits per heavy atom. The summed E-state index contributed by atoms with van der Waals surface area (Å²) < 4.78 is 0. The minimum absolute atomic E-state index is 0.705. The number of hydrogen-bond acceptors (Lipinski definition) is 0. The normalized spacial score (nSPS) is 14.9. The van der Waals surface area contributed by atoms with E-state index >= 15 is 0 Å². The Kier molecular flexibility index (Phi) is 4.87. The molecule has 0 aliphatic rings. The van der Waals surface area contributed by atoms with E-state index in [1.165, 1.54) is 30.4 Å². The summed E-state index contributed by atoms with van der Waals surface area (Å²) in [6.07, 6.45) is 3.95. The topological polar surface area (TPSA) is 0 Å². The van der Waals surface area contributed by atoms with Crippen molar-refractivity contribution in [2.24, 2.45) is 5.92 Å². The third kappa shape index (κ3) is 3.09. The monoisotopic (exact) mass is 204 g/mol. The second kappa shape index (κ2) is 5.95. The summed E-state index contributed by atoms with van der Waals surface area (Å²) in [7, 11) is 0. The second-order valence-corrected chi connectivity index (χ2v) is 4.60. The standard InChI is InChI=1S/C15H24/c1-5-9-14(6-2)13(4)15-11-8-7-10-12(15)3/h7-8,10-11,13-14H,5-6,9H2,1-4H3/t13-,14?/m1/s1. The van der Waals surface area contributed by atoms with Gasteiger partial charge in [0.25, 0.3) is 0 Å². The molecule has 0 fully saturated rings. The van der Waals surface area contributed by atoms with Crippen LogP contribution in [-0.4, -0.2) is 0 Å². The molecule has 1 rings (SSSR count). The van der Waals surface area contributed by atoms with Gasteiger partial charge in [-0.2, -0.15) is 0 Å². The minimum atomic E-state index is 0.705. The second-order valence-electron chi connectivity index (χ2n) is 4.60. The highest BCUT2D eigenvalue weighted by atomic mass is 14.2. The third-order valence-electron chi connectivity index (χ3n) is 3.57. The van der Waals surface area contributed by atoms with E-state index in [-0.39, 0.29) is 0 Å². The van der Waals surface area contributed by atoms with Gasteiger partial charge in [0.1, 0.15) is 0 Å². The average molecular weight is 204 g/mol. The highest BCUT2D eigenvalue weighted by molar-refractivity contribution is 5.29. The van der Waals surface area contributed by atoms with Gasteiger partial charge in [0, 0.05) is 0 Å². The lowest BCUT2D eigenvalue weighted by Crippen LogP contribution is -2.10. The molecule has 0 bridgehead atoms. The SMILES string of the molecule is CCCC(CC)[C@@H](C)c1ccccc1C. The molecule has 0 aliphatic heterocycles. The van der Waals surface area contributed by atoms with Gasteiger partial charge in [-0.15, -0.1) is 0 Å². The molecule has 0 heterocycles. The highest BCUT2D eigenvalue weighted by Gasteiger charge is 2.17. The lowest BCUT2D eigenvalue weighted by atomic mass is 9.81. The predicted octanol–water partition coefficient (Wildman–Crippen LogP) is 4.92. The first-order valence-corrected chi connectivity index (χ1v) is 6.26. The van der Waals surface area contributed by atoms with Crippen LogP contribution in [0.3, 0.4) is 0 Å². The lowest BCUT2D eigenvalue weighted by Gasteiger charge is -2.24. The summed E-state index contributed by atoms with van der Waals surface area (Å²) in [5.41, 5.74) is 2.98. The van der Waals surface area contributed by atoms with Crippen LogP contribution in [0, 0.1) is 12.8 Å². The van der Waals surface area contributed by atoms with Crippen LogP contribution < -0.4 is 0 Å². The summed E-state index contributed by atoms with van der Waals surface area (Å²) in [4.78, 5) is 0. The van der Waals surface area contributed by atoms with Crippen LogP contribution in [0.15, 0.2) is 24.3 Å². The van der Waals surface area contributed by atoms with E-state index in [4.69, 9.17) is 0 Å². The molecule has 0 amide bonds. The van der Waals surface area contributed by atoms with Gasteiger partial charge in [-0.25, -0.2) is 0 Å². The quantitative estimate of drug-likeness (QED) is 0.638. The molecule has 0 nitrogen and oxygen atoms in total. The van der Waals surface area contributed by atoms with Crippen LogP contribution in [0.2, 0.25) is 0 Å². The fourth-order valence-electron chi connectivity index (χ4n) is 2.53. The van der Waals surface area contributed by atoms with Crippen LogP contribution >= 0.6 is 0 Å². The first-order chi connectivity index (χ1) is 7.20. The minimum Gasteiger partial charge on any atom is -0.0654 e. The number of hydrogen-bond donors (Lipinski definition) is 0. The molecular formula is C15H24. The maximum atomic E-state index is 2.38. The fourth-order valence-corrected chi connectivity index (χ4v) is 2.53. The van der Waals surface area contributed by atoms with Crippen molar-refractivity contribution >= 4 is 0 Å². The summed E-state index contributed by atoms with van der Waals surface area (Å²) in [5, 5.41) is 0. The van der Waals surface area contributed by atoms with Gasteiger partial charge in [-0.05, 0) is 29.9 Å². The Labute approximate surface area is 94.7 Å². The smallest absolute Gasteiger partial charge is 0.0160 e. The maximum absolute atomic E-state index is 2.38. The van der Waals surface area contributed by atoms with Gasteiger partial charge < -0.3 is 0 Å². The third-order valence-corrected chi connectivity index (χ3v) is 3.57. The van der Waals surface area contributed by atoms with E-state index in [2.05, 4.69) is 52.0 Å². The summed E-state index contributed by atoms with van der Waals surface area (Å²) in [6.45, 7) is 9.21. The van der Waals surface area contributed by atoms with Gasteiger partial charge in [0.2, 0.25) is 0 Å². The van der Waals surface area contributed by atoms with Crippen molar-refractivity contribution in [3.63, 3.8) is 0 Å². The zero-order valence-electron chi connectivity index (χ0n) is 10.6. The summed E-state index contributed by atoms with van der Waals surface area (Å²) in [5.74, 6) is 1.55. The van der Waals surface area contributed by atoms with E-state index in [1.54, 1.807) is 0 Å². The Morgan fingerprint density at radius 3 is 2.33 bits per heavy atom. The van der Waals surface area contributed by atoms with Crippen LogP contribution in [0.25, 0.3) is 0 Å². The first kappa shape index (κ1) is 12.3. The summed E-state index contributed by atoms with van der Waals surface area (Å²) in [6, 6.07) is 8.81. The van der Waals surface area contributed by atoms with E-state index < -0.39 is 0 Å². The number of aryl methyl sites for hydroxylation is 1. The van der Waals surface area contributed by atoms with Crippen molar-refractivity contribution in [1.29, 1.82) is 0 Å². The van der Waals surface area contributed by atoms with Gasteiger partial charge in [-0.3, -0.25) is 0 Å². The van der Waals surface area contributed by atoms with Gasteiger partial charge in [-0.1, -0.05) is 64.3 Å². The molecule has 0 heteroatoms. The molecule has 84 valence electrons. The van der Waals surface area contributed by atoms with Gasteiger partial charge in [0.05, 0.1) is 0 Å². The maximum Gasteiger partial charge on any atom is -0.0160 e. The molecule has 1 aromatic rings. The molecule has 0 aromatic heterocycles. The Bertz CT molecular complexity index is 288. The van der Waals surface area contributed by atoms with Crippen molar-refractivity contribution in [1.82, 2.24) is 0 Å². The Balaban J connectivity index is 2.82. The molecule has 1 unspecified atom stereocenters. The molecule has 0 radical (unpaired) electrons. The molecule has 0 spiro atoms. The van der Waals surface area contributed by atoms with Crippen molar-refractivity contribution < 1.29 is 0 Å². The highest BCUT2D eigenvalue weighted by Crippen LogP contribution is 2.31. The van der Waals surface area contributed by atoms with Crippen LogP contribution in [0.1, 0.15) is 57.1 Å².